The van der Waals surface area contributed by atoms with Crippen molar-refractivity contribution in [2.24, 2.45) is 5.92 Å². The van der Waals surface area contributed by atoms with Gasteiger partial charge in [0.2, 0.25) is 0 Å². The zero-order valence-electron chi connectivity index (χ0n) is 20.7. The predicted molar refractivity (Wildman–Crippen MR) is 150 cm³/mol. The highest BCUT2D eigenvalue weighted by atomic mass is 32.2. The third-order valence-corrected chi connectivity index (χ3v) is 10.6. The maximum Gasteiger partial charge on any atom is 0.277 e. The Morgan fingerprint density at radius 3 is 2.84 bits per heavy atom. The van der Waals surface area contributed by atoms with Crippen LogP contribution in [0.2, 0.25) is 0 Å². The first kappa shape index (κ1) is 25.4. The smallest absolute Gasteiger partial charge is 0.277 e. The lowest BCUT2D eigenvalue weighted by atomic mass is 9.97. The van der Waals surface area contributed by atoms with Gasteiger partial charge in [0.15, 0.2) is 10.8 Å². The summed E-state index contributed by atoms with van der Waals surface area (Å²) in [5.41, 5.74) is 2.57. The standard InChI is InChI=1S/C25H29N7O3S3/c33-24(21-14-19-16-31(10-2-11-32(19)29-21)15-17-6-8-26-9-7-17)28-25-27-20-5-4-18(13-22(20)37-25)30-38(34,35)23-3-1-12-36-23/h1,3-5,12-14,17,26,30H,2,6-11,15-16H2,(H,27,28,33). The molecule has 1 saturated heterocycles. The summed E-state index contributed by atoms with van der Waals surface area (Å²) in [6.07, 6.45) is 3.44. The second-order valence-electron chi connectivity index (χ2n) is 9.72. The molecule has 0 atom stereocenters. The van der Waals surface area contributed by atoms with Gasteiger partial charge in [-0.15, -0.1) is 11.3 Å². The van der Waals surface area contributed by atoms with Crippen molar-refractivity contribution < 1.29 is 13.2 Å². The number of hydrogen-bond donors (Lipinski definition) is 3. The number of aryl methyl sites for hydroxylation is 1. The number of hydrogen-bond acceptors (Lipinski definition) is 9. The summed E-state index contributed by atoms with van der Waals surface area (Å²) in [6, 6.07) is 10.3. The Morgan fingerprint density at radius 2 is 2.03 bits per heavy atom. The van der Waals surface area contributed by atoms with Crippen LogP contribution in [-0.4, -0.2) is 60.2 Å². The van der Waals surface area contributed by atoms with Gasteiger partial charge >= 0.3 is 0 Å². The van der Waals surface area contributed by atoms with Crippen LogP contribution in [0.15, 0.2) is 46.0 Å². The molecule has 10 nitrogen and oxygen atoms in total. The van der Waals surface area contributed by atoms with Gasteiger partial charge in [0.05, 0.1) is 21.6 Å². The summed E-state index contributed by atoms with van der Waals surface area (Å²) >= 11 is 2.45. The van der Waals surface area contributed by atoms with E-state index in [-0.39, 0.29) is 10.1 Å². The first-order valence-electron chi connectivity index (χ1n) is 12.7. The third kappa shape index (κ3) is 5.61. The molecule has 0 unspecified atom stereocenters. The number of carbonyl (C=O) groups excluding carboxylic acids is 1. The molecule has 0 bridgehead atoms. The van der Waals surface area contributed by atoms with Crippen LogP contribution in [0.3, 0.4) is 0 Å². The molecule has 2 aliphatic rings. The fourth-order valence-corrected chi connectivity index (χ4v) is 7.99. The van der Waals surface area contributed by atoms with E-state index in [1.54, 1.807) is 35.7 Å². The molecule has 3 N–H and O–H groups in total. The lowest BCUT2D eigenvalue weighted by molar-refractivity contribution is 0.102. The molecule has 38 heavy (non-hydrogen) atoms. The fourth-order valence-electron chi connectivity index (χ4n) is 5.05. The van der Waals surface area contributed by atoms with Crippen LogP contribution in [0.5, 0.6) is 0 Å². The average molecular weight is 572 g/mol. The first-order valence-corrected chi connectivity index (χ1v) is 15.9. The minimum absolute atomic E-state index is 0.253. The number of thiazole rings is 1. The molecule has 1 fully saturated rings. The van der Waals surface area contributed by atoms with Gasteiger partial charge < -0.3 is 5.32 Å². The van der Waals surface area contributed by atoms with Crippen molar-refractivity contribution in [1.82, 2.24) is 25.0 Å². The van der Waals surface area contributed by atoms with E-state index in [0.717, 1.165) is 73.3 Å². The lowest BCUT2D eigenvalue weighted by Crippen LogP contribution is -2.36. The monoisotopic (exact) mass is 571 g/mol. The summed E-state index contributed by atoms with van der Waals surface area (Å²) in [5.74, 6) is 0.423. The number of aromatic nitrogens is 3. The number of sulfonamides is 1. The Hall–Kier alpha value is -2.84. The molecule has 0 aliphatic carbocycles. The number of amides is 1. The van der Waals surface area contributed by atoms with Gasteiger partial charge in [-0.3, -0.25) is 24.4 Å². The number of fused-ring (bicyclic) bond motifs is 2. The van der Waals surface area contributed by atoms with Crippen molar-refractivity contribution in [1.29, 1.82) is 0 Å². The van der Waals surface area contributed by atoms with E-state index in [4.69, 9.17) is 0 Å². The molecule has 1 amide bonds. The van der Waals surface area contributed by atoms with Crippen molar-refractivity contribution in [3.63, 3.8) is 0 Å². The highest BCUT2D eigenvalue weighted by Gasteiger charge is 2.23. The van der Waals surface area contributed by atoms with Crippen molar-refractivity contribution in [3.8, 4) is 0 Å². The van der Waals surface area contributed by atoms with Crippen LogP contribution in [0.25, 0.3) is 10.2 Å². The predicted octanol–water partition coefficient (Wildman–Crippen LogP) is 3.81. The van der Waals surface area contributed by atoms with Crippen molar-refractivity contribution in [2.45, 2.75) is 36.6 Å². The number of thiophene rings is 1. The zero-order chi connectivity index (χ0) is 26.1. The molecule has 200 valence electrons. The number of nitrogens with zero attached hydrogens (tertiary/aromatic N) is 4. The van der Waals surface area contributed by atoms with Crippen LogP contribution in [0.4, 0.5) is 10.8 Å². The van der Waals surface area contributed by atoms with Gasteiger partial charge in [0.25, 0.3) is 15.9 Å². The van der Waals surface area contributed by atoms with Crippen molar-refractivity contribution in [2.75, 3.05) is 36.2 Å². The van der Waals surface area contributed by atoms with E-state index in [9.17, 15) is 13.2 Å². The molecular weight excluding hydrogens is 543 g/mol. The SMILES string of the molecule is O=C(Nc1nc2ccc(NS(=O)(=O)c3cccs3)cc2s1)c1cc2n(n1)CCCN(CC1CCNCC1)C2. The Bertz CT molecular complexity index is 1540. The van der Waals surface area contributed by atoms with Crippen LogP contribution in [0.1, 0.15) is 35.4 Å². The molecule has 6 rings (SSSR count). The maximum atomic E-state index is 13.0. The molecular formula is C25H29N7O3S3. The minimum atomic E-state index is -3.64. The van der Waals surface area contributed by atoms with Gasteiger partial charge in [-0.1, -0.05) is 17.4 Å². The number of nitrogens with one attached hydrogen (secondary N) is 3. The molecule has 5 heterocycles. The van der Waals surface area contributed by atoms with Gasteiger partial charge in [-0.05, 0) is 74.0 Å². The first-order chi connectivity index (χ1) is 18.4. The third-order valence-electron chi connectivity index (χ3n) is 6.92. The largest absolute Gasteiger partial charge is 0.317 e. The van der Waals surface area contributed by atoms with Gasteiger partial charge in [0, 0.05) is 26.2 Å². The number of carbonyl (C=O) groups is 1. The van der Waals surface area contributed by atoms with Crippen LogP contribution in [-0.2, 0) is 23.1 Å². The fraction of sp³-hybridized carbons (Fsp3) is 0.400. The number of rotatable bonds is 7. The Balaban J connectivity index is 1.13. The molecule has 13 heteroatoms. The molecule has 3 aromatic heterocycles. The van der Waals surface area contributed by atoms with Gasteiger partial charge in [0.1, 0.15) is 4.21 Å². The van der Waals surface area contributed by atoms with E-state index >= 15 is 0 Å². The summed E-state index contributed by atoms with van der Waals surface area (Å²) in [4.78, 5) is 20.0. The van der Waals surface area contributed by atoms with Gasteiger partial charge in [-0.25, -0.2) is 13.4 Å². The highest BCUT2D eigenvalue weighted by Crippen LogP contribution is 2.30. The second kappa shape index (κ2) is 10.7. The Labute approximate surface area is 229 Å². The molecule has 1 aromatic carbocycles. The van der Waals surface area contributed by atoms with Crippen molar-refractivity contribution >= 4 is 59.6 Å². The molecule has 2 aliphatic heterocycles. The van der Waals surface area contributed by atoms with Crippen LogP contribution < -0.4 is 15.4 Å². The van der Waals surface area contributed by atoms with Crippen molar-refractivity contribution in [3.05, 3.63) is 53.2 Å². The summed E-state index contributed by atoms with van der Waals surface area (Å²) in [5, 5.41) is 13.1. The van der Waals surface area contributed by atoms with E-state index < -0.39 is 10.0 Å². The number of piperidine rings is 1. The summed E-state index contributed by atoms with van der Waals surface area (Å²) in [7, 11) is -3.64. The molecule has 0 radical (unpaired) electrons. The molecule has 0 saturated carbocycles. The molecule has 4 aromatic rings. The highest BCUT2D eigenvalue weighted by molar-refractivity contribution is 7.94. The van der Waals surface area contributed by atoms with Crippen LogP contribution >= 0.6 is 22.7 Å². The average Bonchev–Trinajstić information content (AvgIpc) is 3.63. The quantitative estimate of drug-likeness (QED) is 0.308. The number of benzene rings is 1. The topological polar surface area (TPSA) is 121 Å². The molecule has 0 spiro atoms. The Morgan fingerprint density at radius 1 is 1.16 bits per heavy atom. The second-order valence-corrected chi connectivity index (χ2v) is 13.6. The lowest BCUT2D eigenvalue weighted by Gasteiger charge is -2.29. The Kier molecular flexibility index (Phi) is 7.18. The maximum absolute atomic E-state index is 13.0. The van der Waals surface area contributed by atoms with E-state index in [0.29, 0.717) is 22.0 Å². The minimum Gasteiger partial charge on any atom is -0.317 e. The van der Waals surface area contributed by atoms with Gasteiger partial charge in [-0.2, -0.15) is 5.10 Å². The number of anilines is 2. The van der Waals surface area contributed by atoms with Crippen LogP contribution in [0, 0.1) is 5.92 Å². The van der Waals surface area contributed by atoms with E-state index in [1.165, 1.54) is 24.2 Å². The normalized spacial score (nSPS) is 17.3. The van der Waals surface area contributed by atoms with E-state index in [1.807, 2.05) is 10.7 Å². The summed E-state index contributed by atoms with van der Waals surface area (Å²) in [6.45, 7) is 5.93. The zero-order valence-corrected chi connectivity index (χ0v) is 23.2. The van der Waals surface area contributed by atoms with E-state index in [2.05, 4.69) is 30.3 Å². The summed E-state index contributed by atoms with van der Waals surface area (Å²) < 4.78 is 30.7.